The molecule has 1 aliphatic rings. The molecule has 0 radical (unpaired) electrons. The van der Waals surface area contributed by atoms with Gasteiger partial charge >= 0.3 is 6.03 Å². The van der Waals surface area contributed by atoms with Crippen LogP contribution in [0.1, 0.15) is 24.7 Å². The average Bonchev–Trinajstić information content (AvgIpc) is 3.45. The molecule has 9 heteroatoms. The fourth-order valence-electron chi connectivity index (χ4n) is 3.45. The second-order valence-corrected chi connectivity index (χ2v) is 7.49. The first-order valence-electron chi connectivity index (χ1n) is 9.32. The number of benzene rings is 1. The third-order valence-electron chi connectivity index (χ3n) is 4.91. The molecule has 0 spiro atoms. The molecule has 2 aromatic heterocycles. The van der Waals surface area contributed by atoms with E-state index in [9.17, 15) is 4.79 Å². The van der Waals surface area contributed by atoms with Crippen molar-refractivity contribution in [2.75, 3.05) is 32.6 Å². The first-order valence-corrected chi connectivity index (χ1v) is 10.3. The highest BCUT2D eigenvalue weighted by molar-refractivity contribution is 7.08. The Morgan fingerprint density at radius 3 is 2.93 bits per heavy atom. The van der Waals surface area contributed by atoms with Gasteiger partial charge in [-0.2, -0.15) is 11.3 Å². The van der Waals surface area contributed by atoms with Crippen molar-refractivity contribution < 1.29 is 18.7 Å². The lowest BCUT2D eigenvalue weighted by Gasteiger charge is -2.31. The van der Waals surface area contributed by atoms with Gasteiger partial charge in [-0.25, -0.2) is 4.79 Å². The van der Waals surface area contributed by atoms with Gasteiger partial charge in [-0.1, -0.05) is 6.07 Å². The molecule has 8 nitrogen and oxygen atoms in total. The van der Waals surface area contributed by atoms with E-state index in [1.165, 1.54) is 0 Å². The minimum absolute atomic E-state index is 0.0154. The monoisotopic (exact) mass is 414 g/mol. The Hall–Kier alpha value is -3.07. The van der Waals surface area contributed by atoms with E-state index < -0.39 is 0 Å². The molecule has 0 aliphatic carbocycles. The highest BCUT2D eigenvalue weighted by Crippen LogP contribution is 2.35. The van der Waals surface area contributed by atoms with E-state index in [0.29, 0.717) is 42.1 Å². The molecule has 152 valence electrons. The number of thiophene rings is 1. The Bertz CT molecular complexity index is 973. The summed E-state index contributed by atoms with van der Waals surface area (Å²) < 4.78 is 16.6. The maximum absolute atomic E-state index is 12.9. The van der Waals surface area contributed by atoms with Crippen molar-refractivity contribution >= 4 is 23.1 Å². The third kappa shape index (κ3) is 4.04. The van der Waals surface area contributed by atoms with E-state index in [0.717, 1.165) is 18.4 Å². The molecule has 1 unspecified atom stereocenters. The standard InChI is InChI=1S/C20H22N4O4S/c1-26-16-7-3-6-15(17(16)27-2)21-20(25)24-9-4-5-13(11-24)18-22-23-19(28-18)14-8-10-29-12-14/h3,6-8,10,12-13H,4-5,9,11H2,1-2H3,(H,21,25). The second-order valence-electron chi connectivity index (χ2n) is 6.71. The number of para-hydroxylation sites is 1. The Kier molecular flexibility index (Phi) is 5.66. The predicted molar refractivity (Wildman–Crippen MR) is 110 cm³/mol. The zero-order valence-corrected chi connectivity index (χ0v) is 17.1. The number of rotatable bonds is 5. The zero-order valence-electron chi connectivity index (χ0n) is 16.3. The van der Waals surface area contributed by atoms with Gasteiger partial charge in [0.05, 0.1) is 25.8 Å². The highest BCUT2D eigenvalue weighted by atomic mass is 32.1. The van der Waals surface area contributed by atoms with Crippen molar-refractivity contribution in [1.29, 1.82) is 0 Å². The smallest absolute Gasteiger partial charge is 0.321 e. The van der Waals surface area contributed by atoms with E-state index in [1.807, 2.05) is 16.8 Å². The van der Waals surface area contributed by atoms with Gasteiger partial charge in [-0.15, -0.1) is 10.2 Å². The number of nitrogens with zero attached hydrogens (tertiary/aromatic N) is 3. The van der Waals surface area contributed by atoms with Crippen LogP contribution >= 0.6 is 11.3 Å². The molecule has 0 bridgehead atoms. The van der Waals surface area contributed by atoms with E-state index in [1.54, 1.807) is 48.7 Å². The molecule has 1 fully saturated rings. The normalized spacial score (nSPS) is 16.5. The van der Waals surface area contributed by atoms with Crippen LogP contribution in [0.5, 0.6) is 11.5 Å². The van der Waals surface area contributed by atoms with Crippen LogP contribution in [0.2, 0.25) is 0 Å². The molecular weight excluding hydrogens is 392 g/mol. The molecule has 3 aromatic rings. The molecular formula is C20H22N4O4S. The van der Waals surface area contributed by atoms with Crippen molar-refractivity contribution in [3.8, 4) is 23.0 Å². The molecule has 29 heavy (non-hydrogen) atoms. The quantitative estimate of drug-likeness (QED) is 0.672. The number of carbonyl (C=O) groups is 1. The fourth-order valence-corrected chi connectivity index (χ4v) is 4.08. The topological polar surface area (TPSA) is 89.7 Å². The van der Waals surface area contributed by atoms with Gasteiger partial charge < -0.3 is 24.1 Å². The number of hydrogen-bond acceptors (Lipinski definition) is 7. The summed E-state index contributed by atoms with van der Waals surface area (Å²) in [5.74, 6) is 2.16. The minimum atomic E-state index is -0.196. The van der Waals surface area contributed by atoms with Gasteiger partial charge in [0, 0.05) is 24.0 Å². The van der Waals surface area contributed by atoms with Gasteiger partial charge in [0.1, 0.15) is 0 Å². The molecule has 0 saturated carbocycles. The summed E-state index contributed by atoms with van der Waals surface area (Å²) >= 11 is 1.58. The van der Waals surface area contributed by atoms with Gasteiger partial charge in [-0.3, -0.25) is 0 Å². The summed E-state index contributed by atoms with van der Waals surface area (Å²) in [6.45, 7) is 1.18. The summed E-state index contributed by atoms with van der Waals surface area (Å²) in [5, 5.41) is 15.2. The van der Waals surface area contributed by atoms with Crippen molar-refractivity contribution in [2.45, 2.75) is 18.8 Å². The number of likely N-dealkylation sites (tertiary alicyclic amines) is 1. The number of urea groups is 1. The summed E-state index contributed by atoms with van der Waals surface area (Å²) in [5.41, 5.74) is 1.49. The average molecular weight is 414 g/mol. The Labute approximate surface area is 172 Å². The largest absolute Gasteiger partial charge is 0.493 e. The molecule has 1 atom stereocenters. The molecule has 1 N–H and O–H groups in total. The third-order valence-corrected chi connectivity index (χ3v) is 5.59. The van der Waals surface area contributed by atoms with Crippen LogP contribution in [-0.2, 0) is 0 Å². The van der Waals surface area contributed by atoms with Crippen molar-refractivity contribution in [2.24, 2.45) is 0 Å². The van der Waals surface area contributed by atoms with Crippen LogP contribution in [0.4, 0.5) is 10.5 Å². The van der Waals surface area contributed by atoms with Gasteiger partial charge in [0.2, 0.25) is 11.8 Å². The Balaban J connectivity index is 1.45. The van der Waals surface area contributed by atoms with Crippen LogP contribution in [0, 0.1) is 0 Å². The lowest BCUT2D eigenvalue weighted by atomic mass is 9.98. The minimum Gasteiger partial charge on any atom is -0.493 e. The second kappa shape index (κ2) is 8.52. The number of ether oxygens (including phenoxy) is 2. The van der Waals surface area contributed by atoms with Gasteiger partial charge in [-0.05, 0) is 36.4 Å². The molecule has 1 saturated heterocycles. The molecule has 3 heterocycles. The molecule has 1 aliphatic heterocycles. The Morgan fingerprint density at radius 2 is 2.17 bits per heavy atom. The summed E-state index contributed by atoms with van der Waals surface area (Å²) in [6.07, 6.45) is 1.76. The number of carbonyl (C=O) groups excluding carboxylic acids is 1. The lowest BCUT2D eigenvalue weighted by molar-refractivity contribution is 0.187. The first-order chi connectivity index (χ1) is 14.2. The summed E-state index contributed by atoms with van der Waals surface area (Å²) in [6, 6.07) is 7.13. The van der Waals surface area contributed by atoms with Crippen LogP contribution in [0.15, 0.2) is 39.4 Å². The van der Waals surface area contributed by atoms with Crippen molar-refractivity contribution in [3.05, 3.63) is 40.9 Å². The van der Waals surface area contributed by atoms with Crippen molar-refractivity contribution in [1.82, 2.24) is 15.1 Å². The maximum atomic E-state index is 12.9. The first kappa shape index (κ1) is 19.3. The van der Waals surface area contributed by atoms with Gasteiger partial charge in [0.25, 0.3) is 0 Å². The maximum Gasteiger partial charge on any atom is 0.321 e. The SMILES string of the molecule is COc1cccc(NC(=O)N2CCCC(c3nnc(-c4ccsc4)o3)C2)c1OC. The molecule has 2 amide bonds. The molecule has 4 rings (SSSR count). The van der Waals surface area contributed by atoms with E-state index >= 15 is 0 Å². The number of nitrogens with one attached hydrogen (secondary N) is 1. The van der Waals surface area contributed by atoms with Gasteiger partial charge in [0.15, 0.2) is 11.5 Å². The molecule has 1 aromatic carbocycles. The number of methoxy groups -OCH3 is 2. The highest BCUT2D eigenvalue weighted by Gasteiger charge is 2.29. The summed E-state index contributed by atoms with van der Waals surface area (Å²) in [4.78, 5) is 14.6. The van der Waals surface area contributed by atoms with Crippen LogP contribution < -0.4 is 14.8 Å². The van der Waals surface area contributed by atoms with Crippen LogP contribution in [0.25, 0.3) is 11.5 Å². The van der Waals surface area contributed by atoms with Crippen LogP contribution in [-0.4, -0.2) is 48.4 Å². The van der Waals surface area contributed by atoms with Crippen LogP contribution in [0.3, 0.4) is 0 Å². The summed E-state index contributed by atoms with van der Waals surface area (Å²) in [7, 11) is 3.11. The van der Waals surface area contributed by atoms with E-state index in [2.05, 4.69) is 15.5 Å². The predicted octanol–water partition coefficient (Wildman–Crippen LogP) is 4.23. The number of hydrogen-bond donors (Lipinski definition) is 1. The zero-order chi connectivity index (χ0) is 20.2. The van der Waals surface area contributed by atoms with E-state index in [-0.39, 0.29) is 11.9 Å². The number of anilines is 1. The fraction of sp³-hybridized carbons (Fsp3) is 0.350. The van der Waals surface area contributed by atoms with E-state index in [4.69, 9.17) is 13.9 Å². The van der Waals surface area contributed by atoms with Crippen molar-refractivity contribution in [3.63, 3.8) is 0 Å². The number of amides is 2. The Morgan fingerprint density at radius 1 is 1.28 bits per heavy atom. The number of piperidine rings is 1. The lowest BCUT2D eigenvalue weighted by Crippen LogP contribution is -2.41. The number of aromatic nitrogens is 2.